The molecule has 1 aliphatic rings. The molecule has 4 heteroatoms. The van der Waals surface area contributed by atoms with E-state index in [-0.39, 0.29) is 0 Å². The van der Waals surface area contributed by atoms with Crippen LogP contribution in [0.1, 0.15) is 13.8 Å². The third-order valence-electron chi connectivity index (χ3n) is 1.78. The summed E-state index contributed by atoms with van der Waals surface area (Å²) in [6.07, 6.45) is -2.07. The average molecular weight is 153 g/mol. The molecular weight excluding hydrogens is 143 g/mol. The molecule has 0 aromatic rings. The first-order valence-corrected chi connectivity index (χ1v) is 3.13. The Hall–Kier alpha value is -0.250. The van der Waals surface area contributed by atoms with Crippen LogP contribution in [0.3, 0.4) is 0 Å². The van der Waals surface area contributed by atoms with Gasteiger partial charge >= 0.3 is 0 Å². The van der Waals surface area contributed by atoms with Crippen LogP contribution in [0.4, 0.5) is 13.2 Å². The molecule has 0 radical (unpaired) electrons. The van der Waals surface area contributed by atoms with Crippen LogP contribution in [0, 0.1) is 0 Å². The van der Waals surface area contributed by atoms with Gasteiger partial charge in [0, 0.05) is 0 Å². The first kappa shape index (κ1) is 7.85. The largest absolute Gasteiger partial charge is 0.303 e. The minimum atomic E-state index is -3.19. The Morgan fingerprint density at radius 1 is 1.40 bits per heavy atom. The summed E-state index contributed by atoms with van der Waals surface area (Å²) in [4.78, 5) is 0. The van der Waals surface area contributed by atoms with E-state index in [2.05, 4.69) is 5.32 Å². The molecule has 60 valence electrons. The number of alkyl halides is 3. The average Bonchev–Trinajstić information content (AvgIpc) is 1.95. The molecule has 1 heterocycles. The van der Waals surface area contributed by atoms with Crippen molar-refractivity contribution in [3.05, 3.63) is 0 Å². The zero-order chi connectivity index (χ0) is 7.99. The molecular formula is C6H10F3N. The van der Waals surface area contributed by atoms with Gasteiger partial charge in [0.15, 0.2) is 6.17 Å². The van der Waals surface area contributed by atoms with E-state index in [1.165, 1.54) is 13.8 Å². The SMILES string of the molecule is CC1(C)NCC(F)(F)C1F. The summed E-state index contributed by atoms with van der Waals surface area (Å²) < 4.78 is 37.5. The summed E-state index contributed by atoms with van der Waals surface area (Å²) in [7, 11) is 0. The molecule has 1 unspecified atom stereocenters. The predicted octanol–water partition coefficient (Wildman–Crippen LogP) is 1.34. The van der Waals surface area contributed by atoms with Crippen molar-refractivity contribution in [1.82, 2.24) is 5.32 Å². The summed E-state index contributed by atoms with van der Waals surface area (Å²) in [5.74, 6) is -3.19. The van der Waals surface area contributed by atoms with Crippen LogP contribution in [-0.4, -0.2) is 24.2 Å². The van der Waals surface area contributed by atoms with Gasteiger partial charge in [0.05, 0.1) is 12.1 Å². The van der Waals surface area contributed by atoms with E-state index in [4.69, 9.17) is 0 Å². The van der Waals surface area contributed by atoms with Crippen molar-refractivity contribution in [2.24, 2.45) is 0 Å². The van der Waals surface area contributed by atoms with Crippen molar-refractivity contribution >= 4 is 0 Å². The molecule has 0 aliphatic carbocycles. The second-order valence-electron chi connectivity index (χ2n) is 3.20. The number of hydrogen-bond donors (Lipinski definition) is 1. The lowest BCUT2D eigenvalue weighted by Crippen LogP contribution is -2.41. The van der Waals surface area contributed by atoms with Gasteiger partial charge in [-0.05, 0) is 13.8 Å². The molecule has 0 amide bonds. The minimum absolute atomic E-state index is 0.554. The summed E-state index contributed by atoms with van der Waals surface area (Å²) >= 11 is 0. The molecule has 0 saturated carbocycles. The summed E-state index contributed by atoms with van der Waals surface area (Å²) in [6.45, 7) is 2.30. The quantitative estimate of drug-likeness (QED) is 0.553. The molecule has 1 N–H and O–H groups in total. The molecule has 1 rings (SSSR count). The Labute approximate surface area is 57.6 Å². The summed E-state index contributed by atoms with van der Waals surface area (Å²) in [5, 5.41) is 2.41. The van der Waals surface area contributed by atoms with E-state index in [1.54, 1.807) is 0 Å². The molecule has 1 fully saturated rings. The van der Waals surface area contributed by atoms with Crippen LogP contribution in [-0.2, 0) is 0 Å². The Kier molecular flexibility index (Phi) is 1.47. The summed E-state index contributed by atoms with van der Waals surface area (Å²) in [5.41, 5.74) is -1.08. The van der Waals surface area contributed by atoms with Crippen molar-refractivity contribution in [2.75, 3.05) is 6.54 Å². The molecule has 0 aromatic carbocycles. The van der Waals surface area contributed by atoms with E-state index in [0.717, 1.165) is 0 Å². The highest BCUT2D eigenvalue weighted by Crippen LogP contribution is 2.34. The van der Waals surface area contributed by atoms with Crippen molar-refractivity contribution in [3.8, 4) is 0 Å². The van der Waals surface area contributed by atoms with Gasteiger partial charge in [-0.3, -0.25) is 0 Å². The summed E-state index contributed by atoms with van der Waals surface area (Å²) in [6, 6.07) is 0. The van der Waals surface area contributed by atoms with Crippen LogP contribution < -0.4 is 5.32 Å². The maximum atomic E-state index is 12.7. The zero-order valence-corrected chi connectivity index (χ0v) is 5.92. The molecule has 0 bridgehead atoms. The topological polar surface area (TPSA) is 12.0 Å². The second-order valence-corrected chi connectivity index (χ2v) is 3.20. The van der Waals surface area contributed by atoms with E-state index in [1.807, 2.05) is 0 Å². The van der Waals surface area contributed by atoms with Crippen molar-refractivity contribution in [1.29, 1.82) is 0 Å². The lowest BCUT2D eigenvalue weighted by Gasteiger charge is -2.21. The first-order valence-electron chi connectivity index (χ1n) is 3.13. The minimum Gasteiger partial charge on any atom is -0.303 e. The van der Waals surface area contributed by atoms with E-state index in [0.29, 0.717) is 0 Å². The Bertz CT molecular complexity index is 128. The van der Waals surface area contributed by atoms with E-state index in [9.17, 15) is 13.2 Å². The molecule has 0 aromatic heterocycles. The highest BCUT2D eigenvalue weighted by molar-refractivity contribution is 5.03. The van der Waals surface area contributed by atoms with Gasteiger partial charge < -0.3 is 5.32 Å². The standard InChI is InChI=1S/C6H10F3N/c1-5(2)4(7)6(8,9)3-10-5/h4,10H,3H2,1-2H3. The molecule has 1 aliphatic heterocycles. The van der Waals surface area contributed by atoms with Crippen LogP contribution in [0.25, 0.3) is 0 Å². The maximum absolute atomic E-state index is 12.7. The third-order valence-corrected chi connectivity index (χ3v) is 1.78. The predicted molar refractivity (Wildman–Crippen MR) is 31.9 cm³/mol. The van der Waals surface area contributed by atoms with Crippen LogP contribution in [0.15, 0.2) is 0 Å². The lowest BCUT2D eigenvalue weighted by atomic mass is 10.00. The number of nitrogens with one attached hydrogen (secondary N) is 1. The smallest absolute Gasteiger partial charge is 0.292 e. The number of hydrogen-bond acceptors (Lipinski definition) is 1. The fourth-order valence-electron chi connectivity index (χ4n) is 1.05. The van der Waals surface area contributed by atoms with Gasteiger partial charge in [-0.1, -0.05) is 0 Å². The highest BCUT2D eigenvalue weighted by Gasteiger charge is 2.55. The van der Waals surface area contributed by atoms with Gasteiger partial charge in [0.2, 0.25) is 0 Å². The zero-order valence-electron chi connectivity index (χ0n) is 5.92. The first-order chi connectivity index (χ1) is 4.36. The fraction of sp³-hybridized carbons (Fsp3) is 1.00. The van der Waals surface area contributed by atoms with Crippen LogP contribution in [0.5, 0.6) is 0 Å². The Balaban J connectivity index is 2.77. The highest BCUT2D eigenvalue weighted by atomic mass is 19.3. The Morgan fingerprint density at radius 3 is 2.00 bits per heavy atom. The van der Waals surface area contributed by atoms with Crippen LogP contribution in [0.2, 0.25) is 0 Å². The maximum Gasteiger partial charge on any atom is 0.292 e. The van der Waals surface area contributed by atoms with Crippen LogP contribution >= 0.6 is 0 Å². The second kappa shape index (κ2) is 1.87. The lowest BCUT2D eigenvalue weighted by molar-refractivity contribution is -0.0511. The monoisotopic (exact) mass is 153 g/mol. The van der Waals surface area contributed by atoms with Crippen molar-refractivity contribution in [2.45, 2.75) is 31.5 Å². The molecule has 1 saturated heterocycles. The number of rotatable bonds is 0. The number of halogens is 3. The van der Waals surface area contributed by atoms with Gasteiger partial charge in [-0.15, -0.1) is 0 Å². The van der Waals surface area contributed by atoms with Gasteiger partial charge in [-0.2, -0.15) is 0 Å². The van der Waals surface area contributed by atoms with Gasteiger partial charge in [-0.25, -0.2) is 13.2 Å². The fourth-order valence-corrected chi connectivity index (χ4v) is 1.05. The van der Waals surface area contributed by atoms with Crippen molar-refractivity contribution in [3.63, 3.8) is 0 Å². The third kappa shape index (κ3) is 1.00. The molecule has 10 heavy (non-hydrogen) atoms. The van der Waals surface area contributed by atoms with E-state index >= 15 is 0 Å². The molecule has 0 spiro atoms. The van der Waals surface area contributed by atoms with Gasteiger partial charge in [0.1, 0.15) is 0 Å². The normalized spacial score (nSPS) is 36.3. The molecule has 1 atom stereocenters. The Morgan fingerprint density at radius 2 is 1.90 bits per heavy atom. The van der Waals surface area contributed by atoms with Crippen molar-refractivity contribution < 1.29 is 13.2 Å². The molecule has 1 nitrogen and oxygen atoms in total. The van der Waals surface area contributed by atoms with E-state index < -0.39 is 24.2 Å². The van der Waals surface area contributed by atoms with Gasteiger partial charge in [0.25, 0.3) is 5.92 Å².